The van der Waals surface area contributed by atoms with E-state index in [1.807, 2.05) is 36.3 Å². The number of amides is 2. The Balaban J connectivity index is 1.16. The van der Waals surface area contributed by atoms with Crippen molar-refractivity contribution in [3.8, 4) is 0 Å². The Kier molecular flexibility index (Phi) is 5.50. The molecule has 0 bridgehead atoms. The molecule has 3 aliphatic rings. The van der Waals surface area contributed by atoms with Gasteiger partial charge in [0.25, 0.3) is 0 Å². The van der Waals surface area contributed by atoms with Gasteiger partial charge in [0.1, 0.15) is 0 Å². The molecule has 2 aromatic heterocycles. The van der Waals surface area contributed by atoms with Crippen molar-refractivity contribution in [2.24, 2.45) is 19.5 Å². The summed E-state index contributed by atoms with van der Waals surface area (Å²) in [5.41, 5.74) is 1.94. The Labute approximate surface area is 188 Å². The van der Waals surface area contributed by atoms with Gasteiger partial charge in [0, 0.05) is 65.8 Å². The van der Waals surface area contributed by atoms with Crippen LogP contribution in [0.5, 0.6) is 0 Å². The van der Waals surface area contributed by atoms with Crippen molar-refractivity contribution < 1.29 is 9.59 Å². The molecular weight excluding hydrogens is 408 g/mol. The van der Waals surface area contributed by atoms with Gasteiger partial charge in [0.15, 0.2) is 0 Å². The van der Waals surface area contributed by atoms with Crippen molar-refractivity contribution >= 4 is 23.2 Å². The maximum Gasteiger partial charge on any atom is 0.241 e. The van der Waals surface area contributed by atoms with Gasteiger partial charge in [0.2, 0.25) is 11.8 Å². The zero-order valence-electron chi connectivity index (χ0n) is 19.0. The molecule has 2 amide bonds. The Morgan fingerprint density at radius 1 is 0.781 bits per heavy atom. The van der Waals surface area contributed by atoms with E-state index in [0.717, 1.165) is 37.6 Å². The van der Waals surface area contributed by atoms with E-state index in [4.69, 9.17) is 0 Å². The van der Waals surface area contributed by atoms with Gasteiger partial charge in [-0.1, -0.05) is 6.42 Å². The van der Waals surface area contributed by atoms with E-state index < -0.39 is 0 Å². The average molecular weight is 441 g/mol. The van der Waals surface area contributed by atoms with Crippen LogP contribution in [0.3, 0.4) is 0 Å². The highest BCUT2D eigenvalue weighted by molar-refractivity contribution is 5.95. The first-order chi connectivity index (χ1) is 15.4. The first-order valence-electron chi connectivity index (χ1n) is 11.4. The minimum Gasteiger partial charge on any atom is -0.307 e. The quantitative estimate of drug-likeness (QED) is 0.644. The summed E-state index contributed by atoms with van der Waals surface area (Å²) in [7, 11) is 3.73. The van der Waals surface area contributed by atoms with E-state index in [-0.39, 0.29) is 17.2 Å². The molecular formula is C22H32N8O2. The summed E-state index contributed by atoms with van der Waals surface area (Å²) in [5.74, 6) is 0.276. The summed E-state index contributed by atoms with van der Waals surface area (Å²) >= 11 is 0. The average Bonchev–Trinajstić information content (AvgIpc) is 3.35. The Bertz CT molecular complexity index is 919. The zero-order valence-corrected chi connectivity index (χ0v) is 19.0. The predicted molar refractivity (Wildman–Crippen MR) is 120 cm³/mol. The SMILES string of the molecule is Cn1cc(N2CCN(CC3(CN4CCN(c5cnn(C)c5)C(=O)C4)CCC3)CC2=O)cn1. The van der Waals surface area contributed by atoms with Gasteiger partial charge < -0.3 is 9.80 Å². The van der Waals surface area contributed by atoms with Gasteiger partial charge in [-0.2, -0.15) is 10.2 Å². The van der Waals surface area contributed by atoms with Crippen LogP contribution in [0, 0.1) is 5.41 Å². The molecule has 4 heterocycles. The molecule has 5 rings (SSSR count). The van der Waals surface area contributed by atoms with Gasteiger partial charge in [-0.15, -0.1) is 0 Å². The summed E-state index contributed by atoms with van der Waals surface area (Å²) in [6.07, 6.45) is 10.9. The van der Waals surface area contributed by atoms with Crippen LogP contribution in [0.1, 0.15) is 19.3 Å². The molecule has 3 fully saturated rings. The van der Waals surface area contributed by atoms with Crippen molar-refractivity contribution in [1.82, 2.24) is 29.4 Å². The fourth-order valence-corrected chi connectivity index (χ4v) is 5.35. The third-order valence-corrected chi connectivity index (χ3v) is 7.14. The smallest absolute Gasteiger partial charge is 0.241 e. The Morgan fingerprint density at radius 3 is 1.56 bits per heavy atom. The van der Waals surface area contributed by atoms with Crippen molar-refractivity contribution in [2.75, 3.05) is 62.2 Å². The molecule has 0 aromatic carbocycles. The normalized spacial score (nSPS) is 22.4. The second-order valence-corrected chi connectivity index (χ2v) is 9.61. The molecule has 0 spiro atoms. The highest BCUT2D eigenvalue weighted by atomic mass is 16.2. The van der Waals surface area contributed by atoms with Crippen molar-refractivity contribution in [1.29, 1.82) is 0 Å². The lowest BCUT2D eigenvalue weighted by Gasteiger charge is -2.49. The van der Waals surface area contributed by atoms with Crippen LogP contribution in [0.25, 0.3) is 0 Å². The van der Waals surface area contributed by atoms with Gasteiger partial charge in [-0.3, -0.25) is 28.8 Å². The number of piperazine rings is 2. The van der Waals surface area contributed by atoms with Gasteiger partial charge >= 0.3 is 0 Å². The number of carbonyl (C=O) groups is 2. The molecule has 0 radical (unpaired) electrons. The maximum atomic E-state index is 12.8. The van der Waals surface area contributed by atoms with Crippen molar-refractivity contribution in [3.05, 3.63) is 24.8 Å². The first kappa shape index (κ1) is 21.1. The topological polar surface area (TPSA) is 82.7 Å². The highest BCUT2D eigenvalue weighted by Crippen LogP contribution is 2.43. The lowest BCUT2D eigenvalue weighted by atomic mass is 9.68. The number of aromatic nitrogens is 4. The van der Waals surface area contributed by atoms with E-state index in [1.54, 1.807) is 21.8 Å². The van der Waals surface area contributed by atoms with Crippen LogP contribution in [0.2, 0.25) is 0 Å². The zero-order chi connectivity index (χ0) is 22.3. The largest absolute Gasteiger partial charge is 0.307 e. The summed E-state index contributed by atoms with van der Waals surface area (Å²) in [4.78, 5) is 33.9. The van der Waals surface area contributed by atoms with E-state index in [9.17, 15) is 9.59 Å². The lowest BCUT2D eigenvalue weighted by Crippen LogP contribution is -2.58. The van der Waals surface area contributed by atoms with Crippen LogP contribution in [-0.4, -0.2) is 93.5 Å². The molecule has 172 valence electrons. The van der Waals surface area contributed by atoms with Crippen LogP contribution in [0.15, 0.2) is 24.8 Å². The van der Waals surface area contributed by atoms with Crippen molar-refractivity contribution in [3.63, 3.8) is 0 Å². The third kappa shape index (κ3) is 4.16. The summed E-state index contributed by atoms with van der Waals surface area (Å²) in [5, 5.41) is 8.38. The van der Waals surface area contributed by atoms with Gasteiger partial charge in [-0.25, -0.2) is 0 Å². The van der Waals surface area contributed by atoms with E-state index >= 15 is 0 Å². The van der Waals surface area contributed by atoms with Crippen LogP contribution in [-0.2, 0) is 23.7 Å². The number of aryl methyl sites for hydroxylation is 2. The van der Waals surface area contributed by atoms with Crippen LogP contribution in [0.4, 0.5) is 11.4 Å². The Hall–Kier alpha value is -2.72. The second kappa shape index (κ2) is 8.32. The van der Waals surface area contributed by atoms with Crippen LogP contribution < -0.4 is 9.80 Å². The molecule has 10 nitrogen and oxygen atoms in total. The summed E-state index contributed by atoms with van der Waals surface area (Å²) in [6, 6.07) is 0. The third-order valence-electron chi connectivity index (χ3n) is 7.14. The summed E-state index contributed by atoms with van der Waals surface area (Å²) in [6.45, 7) is 5.89. The molecule has 0 unspecified atom stereocenters. The lowest BCUT2D eigenvalue weighted by molar-refractivity contribution is -0.122. The molecule has 0 N–H and O–H groups in total. The fourth-order valence-electron chi connectivity index (χ4n) is 5.35. The molecule has 0 atom stereocenters. The molecule has 1 aliphatic carbocycles. The van der Waals surface area contributed by atoms with Gasteiger partial charge in [0.05, 0.1) is 36.9 Å². The number of nitrogens with zero attached hydrogens (tertiary/aromatic N) is 8. The minimum atomic E-state index is 0.138. The van der Waals surface area contributed by atoms with Crippen molar-refractivity contribution in [2.45, 2.75) is 19.3 Å². The monoisotopic (exact) mass is 440 g/mol. The van der Waals surface area contributed by atoms with Crippen LogP contribution >= 0.6 is 0 Å². The highest BCUT2D eigenvalue weighted by Gasteiger charge is 2.42. The first-order valence-corrected chi connectivity index (χ1v) is 11.4. The standard InChI is InChI=1S/C22H32N8O2/c1-25-12-18(10-23-25)29-8-6-27(14-20(29)31)16-22(4-3-5-22)17-28-7-9-30(21(32)15-28)19-11-24-26(2)13-19/h10-13H,3-9,14-17H2,1-2H3. The minimum absolute atomic E-state index is 0.138. The number of hydrogen-bond acceptors (Lipinski definition) is 6. The molecule has 2 saturated heterocycles. The van der Waals surface area contributed by atoms with E-state index in [0.29, 0.717) is 26.2 Å². The van der Waals surface area contributed by atoms with E-state index in [2.05, 4.69) is 20.0 Å². The second-order valence-electron chi connectivity index (χ2n) is 9.61. The number of hydrogen-bond donors (Lipinski definition) is 0. The molecule has 2 aromatic rings. The molecule has 2 aliphatic heterocycles. The summed E-state index contributed by atoms with van der Waals surface area (Å²) < 4.78 is 3.46. The number of carbonyl (C=O) groups excluding carboxylic acids is 2. The van der Waals surface area contributed by atoms with E-state index in [1.165, 1.54) is 19.3 Å². The predicted octanol–water partition coefficient (Wildman–Crippen LogP) is 0.321. The Morgan fingerprint density at radius 2 is 1.25 bits per heavy atom. The number of rotatable bonds is 6. The molecule has 10 heteroatoms. The molecule has 32 heavy (non-hydrogen) atoms. The molecule has 1 saturated carbocycles. The van der Waals surface area contributed by atoms with Gasteiger partial charge in [-0.05, 0) is 18.3 Å². The maximum absolute atomic E-state index is 12.8. The fraction of sp³-hybridized carbons (Fsp3) is 0.636. The number of anilines is 2.